The van der Waals surface area contributed by atoms with Crippen molar-refractivity contribution in [2.24, 2.45) is 0 Å². The molecule has 2 atom stereocenters. The van der Waals surface area contributed by atoms with Gasteiger partial charge in [-0.2, -0.15) is 5.26 Å². The molecule has 6 rings (SSSR count). The predicted molar refractivity (Wildman–Crippen MR) is 208 cm³/mol. The maximum absolute atomic E-state index is 13.3. The van der Waals surface area contributed by atoms with Crippen LogP contribution in [0.15, 0.2) is 91.1 Å². The van der Waals surface area contributed by atoms with E-state index in [0.29, 0.717) is 18.9 Å². The zero-order chi connectivity index (χ0) is 37.5. The SMILES string of the molecule is C#Cc1ccc(-c2cccc3[nH]cc(C[C@H](NC(=O)OC(C)(C)C)[C@H](C#N)Nc4ccc(-c5ccc(N6CCOCC6)cc5)cc4C(=O)OC)c23)cc1. The highest BCUT2D eigenvalue weighted by Gasteiger charge is 2.29. The molecule has 0 aliphatic carbocycles. The Morgan fingerprint density at radius 2 is 1.68 bits per heavy atom. The summed E-state index contributed by atoms with van der Waals surface area (Å²) in [5, 5.41) is 17.8. The molecule has 5 aromatic rings. The standard InChI is InChI=1S/C43H43N5O5/c1-6-28-10-12-30(13-11-28)34-8-7-9-37-40(34)32(27-45-37)25-38(47-42(50)53-43(2,3)4)39(26-44)46-36-19-16-31(24-35(36)41(49)51-5)29-14-17-33(18-15-29)48-20-22-52-23-21-48/h1,7-19,24,27,38-39,45-46H,20-23,25H2,2-5H3,(H,47,50)/t38-,39-/m0/s1. The molecule has 2 heterocycles. The second-order valence-corrected chi connectivity index (χ2v) is 13.9. The van der Waals surface area contributed by atoms with Crippen LogP contribution in [-0.4, -0.2) is 68.1 Å². The topological polar surface area (TPSA) is 129 Å². The normalized spacial score (nSPS) is 14.0. The van der Waals surface area contributed by atoms with E-state index >= 15 is 0 Å². The lowest BCUT2D eigenvalue weighted by molar-refractivity contribution is 0.0501. The first-order chi connectivity index (χ1) is 25.6. The minimum absolute atomic E-state index is 0.253. The summed E-state index contributed by atoms with van der Waals surface area (Å²) in [5.74, 6) is 2.09. The quantitative estimate of drug-likeness (QED) is 0.100. The van der Waals surface area contributed by atoms with Crippen LogP contribution in [-0.2, 0) is 20.6 Å². The molecule has 3 N–H and O–H groups in total. The van der Waals surface area contributed by atoms with Gasteiger partial charge >= 0.3 is 12.1 Å². The van der Waals surface area contributed by atoms with Crippen LogP contribution in [0.5, 0.6) is 0 Å². The smallest absolute Gasteiger partial charge is 0.407 e. The summed E-state index contributed by atoms with van der Waals surface area (Å²) >= 11 is 0. The number of nitriles is 1. The van der Waals surface area contributed by atoms with Gasteiger partial charge in [-0.1, -0.05) is 48.4 Å². The second kappa shape index (κ2) is 16.0. The van der Waals surface area contributed by atoms with E-state index in [1.807, 2.05) is 66.9 Å². The first kappa shape index (κ1) is 36.6. The lowest BCUT2D eigenvalue weighted by Gasteiger charge is -2.29. The van der Waals surface area contributed by atoms with Crippen molar-refractivity contribution in [3.05, 3.63) is 108 Å². The molecule has 1 aromatic heterocycles. The van der Waals surface area contributed by atoms with Gasteiger partial charge in [0.05, 0.1) is 38.0 Å². The van der Waals surface area contributed by atoms with Crippen LogP contribution < -0.4 is 15.5 Å². The zero-order valence-corrected chi connectivity index (χ0v) is 30.4. The summed E-state index contributed by atoms with van der Waals surface area (Å²) in [7, 11) is 1.32. The number of hydrogen-bond acceptors (Lipinski definition) is 8. The monoisotopic (exact) mass is 709 g/mol. The molecule has 1 saturated heterocycles. The number of ether oxygens (including phenoxy) is 3. The van der Waals surface area contributed by atoms with E-state index in [-0.39, 0.29) is 12.0 Å². The van der Waals surface area contributed by atoms with Gasteiger partial charge in [-0.15, -0.1) is 6.42 Å². The molecule has 4 aromatic carbocycles. The highest BCUT2D eigenvalue weighted by atomic mass is 16.6. The van der Waals surface area contributed by atoms with E-state index in [4.69, 9.17) is 20.6 Å². The number of carbonyl (C=O) groups is 2. The van der Waals surface area contributed by atoms with Crippen molar-refractivity contribution in [3.63, 3.8) is 0 Å². The summed E-state index contributed by atoms with van der Waals surface area (Å²) in [6, 6.07) is 27.8. The van der Waals surface area contributed by atoms with Gasteiger partial charge in [-0.25, -0.2) is 9.59 Å². The first-order valence-corrected chi connectivity index (χ1v) is 17.5. The van der Waals surface area contributed by atoms with Crippen LogP contribution in [0.1, 0.15) is 42.3 Å². The van der Waals surface area contributed by atoms with E-state index in [9.17, 15) is 14.9 Å². The summed E-state index contributed by atoms with van der Waals surface area (Å²) in [5.41, 5.74) is 7.21. The number of H-pyrrole nitrogens is 1. The van der Waals surface area contributed by atoms with Gasteiger partial charge in [-0.3, -0.25) is 0 Å². The fourth-order valence-electron chi connectivity index (χ4n) is 6.56. The molecule has 0 spiro atoms. The Hall–Kier alpha value is -6.23. The number of aromatic amines is 1. The van der Waals surface area contributed by atoms with Gasteiger partial charge < -0.3 is 34.7 Å². The molecule has 1 fully saturated rings. The number of carbonyl (C=O) groups excluding carboxylic acids is 2. The molecule has 0 bridgehead atoms. The third kappa shape index (κ3) is 8.64. The molecule has 0 radical (unpaired) electrons. The maximum Gasteiger partial charge on any atom is 0.407 e. The number of alkyl carbamates (subject to hydrolysis) is 1. The van der Waals surface area contributed by atoms with E-state index in [1.165, 1.54) is 7.11 Å². The minimum Gasteiger partial charge on any atom is -0.465 e. The predicted octanol–water partition coefficient (Wildman–Crippen LogP) is 7.55. The molecule has 53 heavy (non-hydrogen) atoms. The average molecular weight is 710 g/mol. The lowest BCUT2D eigenvalue weighted by atomic mass is 9.94. The summed E-state index contributed by atoms with van der Waals surface area (Å²) in [4.78, 5) is 32.1. The van der Waals surface area contributed by atoms with Gasteiger partial charge in [-0.05, 0) is 97.5 Å². The number of benzene rings is 4. The van der Waals surface area contributed by atoms with Crippen LogP contribution in [0, 0.1) is 23.7 Å². The van der Waals surface area contributed by atoms with Crippen molar-refractivity contribution in [2.45, 2.75) is 44.9 Å². The summed E-state index contributed by atoms with van der Waals surface area (Å²) < 4.78 is 16.3. The fourth-order valence-corrected chi connectivity index (χ4v) is 6.56. The lowest BCUT2D eigenvalue weighted by Crippen LogP contribution is -2.49. The summed E-state index contributed by atoms with van der Waals surface area (Å²) in [6.45, 7) is 8.39. The molecule has 0 unspecified atom stereocenters. The Kier molecular flexibility index (Phi) is 11.0. The molecular formula is C43H43N5O5. The van der Waals surface area contributed by atoms with Crippen molar-refractivity contribution in [1.82, 2.24) is 10.3 Å². The number of esters is 1. The molecule has 1 aliphatic rings. The van der Waals surface area contributed by atoms with Gasteiger partial charge in [0, 0.05) is 47.1 Å². The number of nitrogens with zero attached hydrogens (tertiary/aromatic N) is 2. The van der Waals surface area contributed by atoms with Crippen molar-refractivity contribution >= 4 is 34.3 Å². The zero-order valence-electron chi connectivity index (χ0n) is 30.4. The molecule has 0 saturated carbocycles. The third-order valence-electron chi connectivity index (χ3n) is 9.15. The maximum atomic E-state index is 13.3. The van der Waals surface area contributed by atoms with Crippen molar-refractivity contribution in [1.29, 1.82) is 5.26 Å². The van der Waals surface area contributed by atoms with E-state index < -0.39 is 29.7 Å². The third-order valence-corrected chi connectivity index (χ3v) is 9.15. The van der Waals surface area contributed by atoms with Crippen molar-refractivity contribution in [2.75, 3.05) is 43.6 Å². The number of terminal acetylenes is 1. The molecule has 1 aliphatic heterocycles. The van der Waals surface area contributed by atoms with E-state index in [1.54, 1.807) is 32.9 Å². The number of morpholine rings is 1. The largest absolute Gasteiger partial charge is 0.465 e. The van der Waals surface area contributed by atoms with Crippen LogP contribution >= 0.6 is 0 Å². The van der Waals surface area contributed by atoms with E-state index in [0.717, 1.165) is 63.1 Å². The molecule has 10 nitrogen and oxygen atoms in total. The number of methoxy groups -OCH3 is 1. The minimum atomic E-state index is -0.989. The highest BCUT2D eigenvalue weighted by Crippen LogP contribution is 2.33. The van der Waals surface area contributed by atoms with Crippen LogP contribution in [0.2, 0.25) is 0 Å². The second-order valence-electron chi connectivity index (χ2n) is 13.9. The number of fused-ring (bicyclic) bond motifs is 1. The fraction of sp³-hybridized carbons (Fsp3) is 0.279. The number of rotatable bonds is 10. The Balaban J connectivity index is 1.33. The molecule has 1 amide bonds. The Morgan fingerprint density at radius 3 is 2.34 bits per heavy atom. The van der Waals surface area contributed by atoms with Crippen molar-refractivity contribution < 1.29 is 23.8 Å². The van der Waals surface area contributed by atoms with Gasteiger partial charge in [0.2, 0.25) is 0 Å². The molecule has 10 heteroatoms. The number of anilines is 2. The average Bonchev–Trinajstić information content (AvgIpc) is 3.59. The van der Waals surface area contributed by atoms with Crippen LogP contribution in [0.3, 0.4) is 0 Å². The first-order valence-electron chi connectivity index (χ1n) is 17.5. The van der Waals surface area contributed by atoms with Gasteiger partial charge in [0.1, 0.15) is 11.6 Å². The molecule has 270 valence electrons. The Labute approximate surface area is 310 Å². The van der Waals surface area contributed by atoms with Gasteiger partial charge in [0.25, 0.3) is 0 Å². The Bertz CT molecular complexity index is 2160. The van der Waals surface area contributed by atoms with Crippen molar-refractivity contribution in [3.8, 4) is 40.7 Å². The van der Waals surface area contributed by atoms with Crippen LogP contribution in [0.4, 0.5) is 16.2 Å². The molecular weight excluding hydrogens is 667 g/mol. The summed E-state index contributed by atoms with van der Waals surface area (Å²) in [6.07, 6.45) is 7.08. The highest BCUT2D eigenvalue weighted by molar-refractivity contribution is 5.98. The number of aromatic nitrogens is 1. The van der Waals surface area contributed by atoms with Gasteiger partial charge in [0.15, 0.2) is 0 Å². The Morgan fingerprint density at radius 1 is 0.981 bits per heavy atom. The van der Waals surface area contributed by atoms with E-state index in [2.05, 4.69) is 44.6 Å². The number of nitrogens with one attached hydrogen (secondary N) is 3. The number of hydrogen-bond donors (Lipinski definition) is 3. The number of amides is 1. The van der Waals surface area contributed by atoms with Crippen LogP contribution in [0.25, 0.3) is 33.2 Å².